The first-order chi connectivity index (χ1) is 12.5. The maximum absolute atomic E-state index is 12.8. The van der Waals surface area contributed by atoms with Crippen molar-refractivity contribution in [2.45, 2.75) is 25.3 Å². The van der Waals surface area contributed by atoms with Crippen LogP contribution in [0.2, 0.25) is 0 Å². The Hall–Kier alpha value is -2.77. The van der Waals surface area contributed by atoms with Crippen molar-refractivity contribution in [3.8, 4) is 11.5 Å². The second kappa shape index (κ2) is 7.23. The molecule has 1 aromatic carbocycles. The number of amides is 2. The number of carbonyl (C=O) groups excluding carboxylic acids is 2. The van der Waals surface area contributed by atoms with E-state index in [2.05, 4.69) is 0 Å². The van der Waals surface area contributed by atoms with Crippen LogP contribution in [0.1, 0.15) is 19.3 Å². The number of aliphatic carboxylic acids is 1. The van der Waals surface area contributed by atoms with Crippen LogP contribution in [-0.2, 0) is 14.4 Å². The lowest BCUT2D eigenvalue weighted by atomic mass is 10.1. The maximum atomic E-state index is 12.8. The molecule has 2 aliphatic heterocycles. The molecule has 0 bridgehead atoms. The molecule has 2 heterocycles. The highest BCUT2D eigenvalue weighted by Crippen LogP contribution is 2.36. The van der Waals surface area contributed by atoms with E-state index in [1.807, 2.05) is 0 Å². The third-order valence-electron chi connectivity index (χ3n) is 4.97. The van der Waals surface area contributed by atoms with Gasteiger partial charge < -0.3 is 24.4 Å². The molecule has 26 heavy (non-hydrogen) atoms. The number of hydrogen-bond acceptors (Lipinski definition) is 5. The normalized spacial score (nSPS) is 22.6. The Morgan fingerprint density at radius 1 is 1.23 bits per heavy atom. The Bertz CT molecular complexity index is 734. The Labute approximate surface area is 151 Å². The summed E-state index contributed by atoms with van der Waals surface area (Å²) in [4.78, 5) is 39.5. The van der Waals surface area contributed by atoms with Gasteiger partial charge in [-0.15, -0.1) is 0 Å². The number of carboxylic acids is 1. The highest BCUT2D eigenvalue weighted by Gasteiger charge is 2.42. The Kier molecular flexibility index (Phi) is 5.01. The summed E-state index contributed by atoms with van der Waals surface area (Å²) in [5.74, 6) is -0.902. The number of rotatable bonds is 5. The van der Waals surface area contributed by atoms with E-state index in [0.717, 1.165) is 0 Å². The Morgan fingerprint density at radius 3 is 2.65 bits per heavy atom. The lowest BCUT2D eigenvalue weighted by molar-refractivity contribution is -0.149. The molecule has 2 aliphatic rings. The summed E-state index contributed by atoms with van der Waals surface area (Å²) in [6.45, 7) is 0.634. The minimum atomic E-state index is -0.992. The minimum Gasteiger partial charge on any atom is -0.497 e. The topological polar surface area (TPSA) is 96.4 Å². The van der Waals surface area contributed by atoms with Gasteiger partial charge in [0.05, 0.1) is 25.8 Å². The van der Waals surface area contributed by atoms with Crippen molar-refractivity contribution in [1.82, 2.24) is 4.90 Å². The molecule has 0 radical (unpaired) electrons. The highest BCUT2D eigenvalue weighted by atomic mass is 16.5. The lowest BCUT2D eigenvalue weighted by Crippen LogP contribution is -2.44. The van der Waals surface area contributed by atoms with E-state index < -0.39 is 17.9 Å². The molecule has 2 saturated heterocycles. The van der Waals surface area contributed by atoms with Crippen molar-refractivity contribution >= 4 is 23.5 Å². The summed E-state index contributed by atoms with van der Waals surface area (Å²) in [5.41, 5.74) is 0.574. The van der Waals surface area contributed by atoms with Crippen molar-refractivity contribution in [3.05, 3.63) is 18.2 Å². The second-order valence-electron chi connectivity index (χ2n) is 6.47. The molecule has 2 amide bonds. The van der Waals surface area contributed by atoms with Crippen molar-refractivity contribution in [3.63, 3.8) is 0 Å². The van der Waals surface area contributed by atoms with Crippen LogP contribution in [0.25, 0.3) is 0 Å². The van der Waals surface area contributed by atoms with Crippen molar-refractivity contribution in [1.29, 1.82) is 0 Å². The van der Waals surface area contributed by atoms with Crippen LogP contribution in [0.5, 0.6) is 11.5 Å². The molecule has 1 aromatic rings. The number of carbonyl (C=O) groups is 3. The van der Waals surface area contributed by atoms with Gasteiger partial charge in [0.2, 0.25) is 11.8 Å². The number of methoxy groups -OCH3 is 2. The summed E-state index contributed by atoms with van der Waals surface area (Å²) >= 11 is 0. The minimum absolute atomic E-state index is 0.0663. The van der Waals surface area contributed by atoms with E-state index in [-0.39, 0.29) is 24.8 Å². The van der Waals surface area contributed by atoms with Crippen molar-refractivity contribution in [2.24, 2.45) is 5.92 Å². The molecule has 8 nitrogen and oxygen atoms in total. The fraction of sp³-hybridized carbons (Fsp3) is 0.500. The number of ether oxygens (including phenoxy) is 2. The van der Waals surface area contributed by atoms with Crippen LogP contribution in [0.4, 0.5) is 5.69 Å². The van der Waals surface area contributed by atoms with E-state index in [9.17, 15) is 19.5 Å². The Balaban J connectivity index is 1.79. The molecule has 0 aromatic heterocycles. The van der Waals surface area contributed by atoms with Gasteiger partial charge in [-0.2, -0.15) is 0 Å². The summed E-state index contributed by atoms with van der Waals surface area (Å²) in [7, 11) is 3.04. The zero-order chi connectivity index (χ0) is 18.8. The predicted molar refractivity (Wildman–Crippen MR) is 92.4 cm³/mol. The third-order valence-corrected chi connectivity index (χ3v) is 4.97. The fourth-order valence-corrected chi connectivity index (χ4v) is 3.64. The van der Waals surface area contributed by atoms with Crippen LogP contribution >= 0.6 is 0 Å². The number of benzene rings is 1. The third kappa shape index (κ3) is 3.18. The van der Waals surface area contributed by atoms with Gasteiger partial charge in [-0.3, -0.25) is 9.59 Å². The molecule has 2 fully saturated rings. The number of hydrogen-bond donors (Lipinski definition) is 1. The van der Waals surface area contributed by atoms with E-state index in [0.29, 0.717) is 36.6 Å². The molecule has 3 rings (SSSR count). The van der Waals surface area contributed by atoms with Gasteiger partial charge in [0.25, 0.3) is 0 Å². The van der Waals surface area contributed by atoms with Gasteiger partial charge in [-0.1, -0.05) is 0 Å². The van der Waals surface area contributed by atoms with E-state index in [4.69, 9.17) is 9.47 Å². The number of carboxylic acid groups (broad SMARTS) is 1. The summed E-state index contributed by atoms with van der Waals surface area (Å²) in [6.07, 6.45) is 1.19. The van der Waals surface area contributed by atoms with Crippen LogP contribution in [0, 0.1) is 5.92 Å². The first-order valence-electron chi connectivity index (χ1n) is 8.52. The molecule has 8 heteroatoms. The second-order valence-corrected chi connectivity index (χ2v) is 6.47. The smallest absolute Gasteiger partial charge is 0.326 e. The summed E-state index contributed by atoms with van der Waals surface area (Å²) in [5, 5.41) is 9.28. The molecule has 140 valence electrons. The lowest BCUT2D eigenvalue weighted by Gasteiger charge is -2.25. The standard InChI is InChI=1S/C18H22N2O6/c1-25-12-5-6-13(15(9-12)26-2)20-10-11(8-16(20)21)17(22)19-7-3-4-14(19)18(23)24/h5-6,9,11,14H,3-4,7-8,10H2,1-2H3,(H,23,24)/t11?,14-/m1/s1. The quantitative estimate of drug-likeness (QED) is 0.844. The van der Waals surface area contributed by atoms with Gasteiger partial charge in [0, 0.05) is 25.6 Å². The Morgan fingerprint density at radius 2 is 2.00 bits per heavy atom. The number of nitrogens with zero attached hydrogens (tertiary/aromatic N) is 2. The average Bonchev–Trinajstić information content (AvgIpc) is 3.27. The van der Waals surface area contributed by atoms with E-state index in [1.165, 1.54) is 16.9 Å². The molecule has 0 spiro atoms. The van der Waals surface area contributed by atoms with Gasteiger partial charge in [0.1, 0.15) is 17.5 Å². The molecule has 1 unspecified atom stereocenters. The van der Waals surface area contributed by atoms with Crippen LogP contribution in [0.15, 0.2) is 18.2 Å². The van der Waals surface area contributed by atoms with Gasteiger partial charge in [0.15, 0.2) is 0 Å². The molecular formula is C18H22N2O6. The molecule has 2 atom stereocenters. The van der Waals surface area contributed by atoms with E-state index >= 15 is 0 Å². The highest BCUT2D eigenvalue weighted by molar-refractivity contribution is 6.02. The predicted octanol–water partition coefficient (Wildman–Crippen LogP) is 1.13. The molecule has 0 saturated carbocycles. The monoisotopic (exact) mass is 362 g/mol. The first kappa shape index (κ1) is 18.0. The van der Waals surface area contributed by atoms with Gasteiger partial charge >= 0.3 is 5.97 Å². The SMILES string of the molecule is COc1ccc(N2CC(C(=O)N3CCC[C@@H]3C(=O)O)CC2=O)c(OC)c1. The van der Waals surface area contributed by atoms with Crippen LogP contribution in [-0.4, -0.2) is 61.1 Å². The van der Waals surface area contributed by atoms with Crippen LogP contribution in [0.3, 0.4) is 0 Å². The first-order valence-corrected chi connectivity index (χ1v) is 8.52. The maximum Gasteiger partial charge on any atom is 0.326 e. The molecule has 1 N–H and O–H groups in total. The van der Waals surface area contributed by atoms with Crippen LogP contribution < -0.4 is 14.4 Å². The molecular weight excluding hydrogens is 340 g/mol. The largest absolute Gasteiger partial charge is 0.497 e. The number of likely N-dealkylation sites (tertiary alicyclic amines) is 1. The summed E-state index contributed by atoms with van der Waals surface area (Å²) < 4.78 is 10.5. The zero-order valence-corrected chi connectivity index (χ0v) is 14.8. The van der Waals surface area contributed by atoms with Gasteiger partial charge in [-0.05, 0) is 25.0 Å². The van der Waals surface area contributed by atoms with Gasteiger partial charge in [-0.25, -0.2) is 4.79 Å². The fourth-order valence-electron chi connectivity index (χ4n) is 3.64. The molecule has 0 aliphatic carbocycles. The average molecular weight is 362 g/mol. The number of anilines is 1. The zero-order valence-electron chi connectivity index (χ0n) is 14.8. The van der Waals surface area contributed by atoms with Crippen molar-refractivity contribution in [2.75, 3.05) is 32.2 Å². The summed E-state index contributed by atoms with van der Waals surface area (Å²) in [6, 6.07) is 4.33. The van der Waals surface area contributed by atoms with Crippen molar-refractivity contribution < 1.29 is 29.0 Å². The van der Waals surface area contributed by atoms with E-state index in [1.54, 1.807) is 25.3 Å².